The van der Waals surface area contributed by atoms with Gasteiger partial charge in [-0.3, -0.25) is 4.79 Å². The molecule has 2 aliphatic heterocycles. The van der Waals surface area contributed by atoms with E-state index in [9.17, 15) is 4.79 Å². The Balaban J connectivity index is 1.46. The average Bonchev–Trinajstić information content (AvgIpc) is 3.28. The predicted octanol–water partition coefficient (Wildman–Crippen LogP) is 3.94. The number of amides is 1. The highest BCUT2D eigenvalue weighted by Crippen LogP contribution is 2.32. The van der Waals surface area contributed by atoms with Crippen molar-refractivity contribution in [3.05, 3.63) is 53.7 Å². The number of rotatable bonds is 3. The maximum absolute atomic E-state index is 13.0. The average molecular weight is 340 g/mol. The Hall–Kier alpha value is -2.14. The molecule has 1 amide bonds. The number of oxazole rings is 1. The number of carbonyl (C=O) groups is 1. The minimum absolute atomic E-state index is 0.0204. The van der Waals surface area contributed by atoms with E-state index in [1.54, 1.807) is 0 Å². The third-order valence-electron chi connectivity index (χ3n) is 5.31. The van der Waals surface area contributed by atoms with Gasteiger partial charge in [0.05, 0.1) is 0 Å². The summed E-state index contributed by atoms with van der Waals surface area (Å²) >= 11 is 0. The highest BCUT2D eigenvalue weighted by Gasteiger charge is 2.31. The van der Waals surface area contributed by atoms with Gasteiger partial charge in [-0.25, -0.2) is 4.98 Å². The summed E-state index contributed by atoms with van der Waals surface area (Å²) in [6.45, 7) is 2.26. The first-order valence-electron chi connectivity index (χ1n) is 9.22. The van der Waals surface area contributed by atoms with Gasteiger partial charge in [0, 0.05) is 19.7 Å². The Morgan fingerprint density at radius 1 is 1.08 bits per heavy atom. The van der Waals surface area contributed by atoms with E-state index in [1.165, 1.54) is 12.0 Å². The molecule has 2 saturated heterocycles. The Morgan fingerprint density at radius 2 is 1.96 bits per heavy atom. The first kappa shape index (κ1) is 16.3. The third-order valence-corrected chi connectivity index (χ3v) is 5.31. The van der Waals surface area contributed by atoms with Crippen molar-refractivity contribution in [2.24, 2.45) is 0 Å². The first-order valence-corrected chi connectivity index (χ1v) is 9.22. The van der Waals surface area contributed by atoms with Crippen LogP contribution in [0.15, 0.2) is 41.1 Å². The largest absolute Gasteiger partial charge is 0.445 e. The summed E-state index contributed by atoms with van der Waals surface area (Å²) in [5, 5.41) is 0. The van der Waals surface area contributed by atoms with Gasteiger partial charge >= 0.3 is 0 Å². The number of carbonyl (C=O) groups excluding carboxylic acids is 1. The lowest BCUT2D eigenvalue weighted by Gasteiger charge is -2.20. The molecule has 2 atom stereocenters. The lowest BCUT2D eigenvalue weighted by atomic mass is 9.92. The molecule has 4 rings (SSSR count). The topological polar surface area (TPSA) is 55.6 Å². The molecule has 0 bridgehead atoms. The van der Waals surface area contributed by atoms with Crippen molar-refractivity contribution >= 4 is 5.91 Å². The Morgan fingerprint density at radius 3 is 2.76 bits per heavy atom. The van der Waals surface area contributed by atoms with Gasteiger partial charge in [-0.15, -0.1) is 0 Å². The molecule has 1 aromatic heterocycles. The highest BCUT2D eigenvalue weighted by atomic mass is 16.5. The van der Waals surface area contributed by atoms with Crippen molar-refractivity contribution in [1.82, 2.24) is 9.88 Å². The van der Waals surface area contributed by atoms with E-state index in [-0.39, 0.29) is 12.0 Å². The molecule has 5 heteroatoms. The van der Waals surface area contributed by atoms with Crippen molar-refractivity contribution in [3.8, 4) is 0 Å². The van der Waals surface area contributed by atoms with Crippen LogP contribution in [-0.4, -0.2) is 35.5 Å². The Bertz CT molecular complexity index is 707. The van der Waals surface area contributed by atoms with E-state index in [1.807, 2.05) is 11.0 Å². The van der Waals surface area contributed by atoms with Gasteiger partial charge in [-0.05, 0) is 43.6 Å². The van der Waals surface area contributed by atoms with E-state index < -0.39 is 0 Å². The molecule has 0 saturated carbocycles. The maximum atomic E-state index is 13.0. The lowest BCUT2D eigenvalue weighted by Crippen LogP contribution is -2.33. The van der Waals surface area contributed by atoms with Crippen LogP contribution in [0.3, 0.4) is 0 Å². The summed E-state index contributed by atoms with van der Waals surface area (Å²) in [7, 11) is 0. The van der Waals surface area contributed by atoms with Crippen molar-refractivity contribution in [2.75, 3.05) is 19.7 Å². The number of hydrogen-bond donors (Lipinski definition) is 0. The molecule has 2 aliphatic rings. The van der Waals surface area contributed by atoms with Crippen LogP contribution in [0.1, 0.15) is 65.9 Å². The summed E-state index contributed by atoms with van der Waals surface area (Å²) < 4.78 is 11.2. The molecule has 0 N–H and O–H groups in total. The van der Waals surface area contributed by atoms with Crippen molar-refractivity contribution < 1.29 is 13.9 Å². The molecule has 0 unspecified atom stereocenters. The van der Waals surface area contributed by atoms with E-state index in [2.05, 4.69) is 29.2 Å². The fraction of sp³-hybridized carbons (Fsp3) is 0.500. The van der Waals surface area contributed by atoms with Gasteiger partial charge < -0.3 is 14.1 Å². The molecular weight excluding hydrogens is 316 g/mol. The van der Waals surface area contributed by atoms with Crippen LogP contribution in [0, 0.1) is 0 Å². The number of likely N-dealkylation sites (tertiary alicyclic amines) is 1. The highest BCUT2D eigenvalue weighted by molar-refractivity contribution is 5.93. The van der Waals surface area contributed by atoms with Crippen molar-refractivity contribution in [2.45, 2.75) is 44.1 Å². The van der Waals surface area contributed by atoms with E-state index in [0.29, 0.717) is 17.4 Å². The van der Waals surface area contributed by atoms with Crippen LogP contribution in [0.5, 0.6) is 0 Å². The summed E-state index contributed by atoms with van der Waals surface area (Å²) in [4.78, 5) is 19.1. The van der Waals surface area contributed by atoms with E-state index in [0.717, 1.165) is 51.8 Å². The van der Waals surface area contributed by atoms with Gasteiger partial charge in [0.2, 0.25) is 0 Å². The quantitative estimate of drug-likeness (QED) is 0.849. The molecule has 132 valence electrons. The van der Waals surface area contributed by atoms with Crippen molar-refractivity contribution in [1.29, 1.82) is 0 Å². The molecule has 0 radical (unpaired) electrons. The zero-order chi connectivity index (χ0) is 17.1. The van der Waals surface area contributed by atoms with Crippen LogP contribution in [-0.2, 0) is 4.74 Å². The van der Waals surface area contributed by atoms with Crippen LogP contribution in [0.25, 0.3) is 0 Å². The first-order chi connectivity index (χ1) is 12.3. The standard InChI is InChI=1S/C20H24N2O3/c23-20(18-19(25-14-21-18)17-9-5-13-24-17)22-11-4-8-16(10-12-22)15-6-2-1-3-7-15/h1-3,6-7,14,16-17H,4-5,8-13H2/t16-,17-/m0/s1. The minimum atomic E-state index is -0.120. The normalized spacial score (nSPS) is 24.2. The lowest BCUT2D eigenvalue weighted by molar-refractivity contribution is 0.0719. The summed E-state index contributed by atoms with van der Waals surface area (Å²) in [6, 6.07) is 10.6. The van der Waals surface area contributed by atoms with Gasteiger partial charge in [0.1, 0.15) is 6.10 Å². The second-order valence-corrected chi connectivity index (χ2v) is 6.90. The van der Waals surface area contributed by atoms with Gasteiger partial charge in [-0.2, -0.15) is 0 Å². The fourth-order valence-corrected chi connectivity index (χ4v) is 3.94. The molecule has 2 fully saturated rings. The fourth-order valence-electron chi connectivity index (χ4n) is 3.94. The molecular formula is C20H24N2O3. The molecule has 2 aromatic rings. The Kier molecular flexibility index (Phi) is 4.83. The van der Waals surface area contributed by atoms with Crippen LogP contribution < -0.4 is 0 Å². The zero-order valence-electron chi connectivity index (χ0n) is 14.4. The summed E-state index contributed by atoms with van der Waals surface area (Å²) in [5.74, 6) is 1.10. The molecule has 5 nitrogen and oxygen atoms in total. The second-order valence-electron chi connectivity index (χ2n) is 6.90. The third kappa shape index (κ3) is 3.47. The minimum Gasteiger partial charge on any atom is -0.445 e. The number of nitrogens with zero attached hydrogens (tertiary/aromatic N) is 2. The maximum Gasteiger partial charge on any atom is 0.276 e. The van der Waals surface area contributed by atoms with E-state index >= 15 is 0 Å². The van der Waals surface area contributed by atoms with Crippen LogP contribution in [0.2, 0.25) is 0 Å². The van der Waals surface area contributed by atoms with Gasteiger partial charge in [0.15, 0.2) is 17.8 Å². The van der Waals surface area contributed by atoms with Crippen LogP contribution in [0.4, 0.5) is 0 Å². The predicted molar refractivity (Wildman–Crippen MR) is 93.4 cm³/mol. The SMILES string of the molecule is O=C(c1ncoc1[C@@H]1CCCO1)N1CCC[C@H](c2ccccc2)CC1. The smallest absolute Gasteiger partial charge is 0.276 e. The Labute approximate surface area is 148 Å². The number of benzene rings is 1. The summed E-state index contributed by atoms with van der Waals surface area (Å²) in [5.41, 5.74) is 1.81. The molecule has 0 aliphatic carbocycles. The number of aromatic nitrogens is 1. The molecule has 0 spiro atoms. The molecule has 3 heterocycles. The molecule has 1 aromatic carbocycles. The summed E-state index contributed by atoms with van der Waals surface area (Å²) in [6.07, 6.45) is 6.26. The zero-order valence-corrected chi connectivity index (χ0v) is 14.4. The van der Waals surface area contributed by atoms with Gasteiger partial charge in [-0.1, -0.05) is 30.3 Å². The second kappa shape index (κ2) is 7.40. The monoisotopic (exact) mass is 340 g/mol. The number of hydrogen-bond acceptors (Lipinski definition) is 4. The van der Waals surface area contributed by atoms with Gasteiger partial charge in [0.25, 0.3) is 5.91 Å². The number of ether oxygens (including phenoxy) is 1. The van der Waals surface area contributed by atoms with E-state index in [4.69, 9.17) is 9.15 Å². The van der Waals surface area contributed by atoms with Crippen molar-refractivity contribution in [3.63, 3.8) is 0 Å². The van der Waals surface area contributed by atoms with Crippen LogP contribution >= 0.6 is 0 Å². The molecule has 25 heavy (non-hydrogen) atoms.